The van der Waals surface area contributed by atoms with E-state index in [-0.39, 0.29) is 29.2 Å². The van der Waals surface area contributed by atoms with E-state index < -0.39 is 22.4 Å². The lowest BCUT2D eigenvalue weighted by molar-refractivity contribution is -0.388. The highest BCUT2D eigenvalue weighted by Gasteiger charge is 2.59. The Kier molecular flexibility index (Phi) is 3.55. The van der Waals surface area contributed by atoms with Crippen molar-refractivity contribution in [2.45, 2.75) is 38.6 Å². The van der Waals surface area contributed by atoms with Crippen LogP contribution in [-0.2, 0) is 10.9 Å². The molecule has 2 aliphatic rings. The lowest BCUT2D eigenvalue weighted by atomic mass is 9.57. The number of nitro benzene ring substituents is 1. The monoisotopic (exact) mass is 330 g/mol. The number of nitro groups is 1. The van der Waals surface area contributed by atoms with Crippen molar-refractivity contribution in [3.8, 4) is 0 Å². The van der Waals surface area contributed by atoms with Gasteiger partial charge in [-0.1, -0.05) is 13.8 Å². The molecule has 1 heterocycles. The molecular formula is C15H17F3N2O3. The maximum atomic E-state index is 13.0. The molecule has 3 unspecified atom stereocenters. The third-order valence-electron chi connectivity index (χ3n) is 4.92. The molecule has 8 heteroatoms. The Balaban J connectivity index is 1.88. The largest absolute Gasteiger partial charge is 0.423 e. The number of rotatable bonds is 3. The minimum Gasteiger partial charge on any atom is -0.381 e. The van der Waals surface area contributed by atoms with Crippen molar-refractivity contribution in [3.05, 3.63) is 33.9 Å². The molecule has 0 aromatic heterocycles. The molecule has 0 amide bonds. The van der Waals surface area contributed by atoms with Crippen molar-refractivity contribution in [1.29, 1.82) is 0 Å². The summed E-state index contributed by atoms with van der Waals surface area (Å²) in [5, 5.41) is 13.9. The fourth-order valence-corrected chi connectivity index (χ4v) is 3.81. The summed E-state index contributed by atoms with van der Waals surface area (Å²) in [5.41, 5.74) is -2.12. The molecule has 3 atom stereocenters. The third-order valence-corrected chi connectivity index (χ3v) is 4.92. The predicted octanol–water partition coefficient (Wildman–Crippen LogP) is 3.84. The highest BCUT2D eigenvalue weighted by molar-refractivity contribution is 5.56. The van der Waals surface area contributed by atoms with E-state index in [1.807, 2.05) is 13.8 Å². The van der Waals surface area contributed by atoms with E-state index in [4.69, 9.17) is 4.74 Å². The fraction of sp³-hybridized carbons (Fsp3) is 0.600. The van der Waals surface area contributed by atoms with Gasteiger partial charge >= 0.3 is 6.18 Å². The van der Waals surface area contributed by atoms with Crippen LogP contribution in [0, 0.1) is 21.4 Å². The van der Waals surface area contributed by atoms with Gasteiger partial charge in [0.05, 0.1) is 11.0 Å². The zero-order valence-corrected chi connectivity index (χ0v) is 12.7. The Morgan fingerprint density at radius 1 is 1.39 bits per heavy atom. The summed E-state index contributed by atoms with van der Waals surface area (Å²) in [6.07, 6.45) is -3.79. The molecular weight excluding hydrogens is 313 g/mol. The average Bonchev–Trinajstić information content (AvgIpc) is 2.90. The molecule has 126 valence electrons. The van der Waals surface area contributed by atoms with Gasteiger partial charge in [0.1, 0.15) is 5.56 Å². The van der Waals surface area contributed by atoms with Crippen molar-refractivity contribution in [2.24, 2.45) is 11.3 Å². The van der Waals surface area contributed by atoms with Crippen LogP contribution in [-0.4, -0.2) is 23.7 Å². The molecule has 1 aliphatic carbocycles. The summed E-state index contributed by atoms with van der Waals surface area (Å²) >= 11 is 0. The first kappa shape index (κ1) is 16.0. The van der Waals surface area contributed by atoms with Crippen LogP contribution in [0.1, 0.15) is 25.8 Å². The van der Waals surface area contributed by atoms with Gasteiger partial charge in [-0.2, -0.15) is 13.2 Å². The number of ether oxygens (including phenoxy) is 1. The fourth-order valence-electron chi connectivity index (χ4n) is 3.81. The summed E-state index contributed by atoms with van der Waals surface area (Å²) in [6.45, 7) is 4.67. The van der Waals surface area contributed by atoms with E-state index in [2.05, 4.69) is 5.32 Å². The number of hydrogen-bond acceptors (Lipinski definition) is 4. The van der Waals surface area contributed by atoms with E-state index in [0.29, 0.717) is 6.61 Å². The Labute approximate surface area is 131 Å². The molecule has 1 saturated heterocycles. The van der Waals surface area contributed by atoms with Crippen LogP contribution < -0.4 is 5.32 Å². The summed E-state index contributed by atoms with van der Waals surface area (Å²) in [6, 6.07) is 3.03. The normalized spacial score (nSPS) is 28.8. The maximum absolute atomic E-state index is 13.0. The van der Waals surface area contributed by atoms with Crippen molar-refractivity contribution >= 4 is 11.4 Å². The summed E-state index contributed by atoms with van der Waals surface area (Å²) < 4.78 is 44.8. The van der Waals surface area contributed by atoms with Gasteiger partial charge in [0.15, 0.2) is 0 Å². The summed E-state index contributed by atoms with van der Waals surface area (Å²) in [5.74, 6) is 0.259. The number of alkyl halides is 3. The maximum Gasteiger partial charge on any atom is 0.423 e. The number of nitrogens with one attached hydrogen (secondary N) is 1. The van der Waals surface area contributed by atoms with Crippen molar-refractivity contribution in [2.75, 3.05) is 11.9 Å². The minimum atomic E-state index is -4.77. The van der Waals surface area contributed by atoms with Crippen molar-refractivity contribution in [1.82, 2.24) is 0 Å². The highest BCUT2D eigenvalue weighted by atomic mass is 19.4. The molecule has 1 aromatic carbocycles. The molecule has 0 spiro atoms. The number of nitrogens with zero attached hydrogens (tertiary/aromatic N) is 1. The second-order valence-electron chi connectivity index (χ2n) is 6.67. The number of hydrogen-bond donors (Lipinski definition) is 1. The molecule has 5 nitrogen and oxygen atoms in total. The van der Waals surface area contributed by atoms with Gasteiger partial charge in [0.25, 0.3) is 5.69 Å². The predicted molar refractivity (Wildman–Crippen MR) is 77.1 cm³/mol. The molecule has 1 aliphatic heterocycles. The summed E-state index contributed by atoms with van der Waals surface area (Å²) in [7, 11) is 0. The standard InChI is InChI=1S/C15H17F3N2O3/c1-14(2)12(9-5-6-23-13(9)14)19-8-3-4-11(20(21)22)10(7-8)15(16,17)18/h3-4,7,9,12-13,19H,5-6H2,1-2H3. The Hall–Kier alpha value is -1.83. The second kappa shape index (κ2) is 5.09. The van der Waals surface area contributed by atoms with Crippen LogP contribution in [0.15, 0.2) is 18.2 Å². The van der Waals surface area contributed by atoms with Crippen LogP contribution >= 0.6 is 0 Å². The van der Waals surface area contributed by atoms with E-state index in [1.165, 1.54) is 6.07 Å². The van der Waals surface area contributed by atoms with E-state index >= 15 is 0 Å². The lowest BCUT2D eigenvalue weighted by Crippen LogP contribution is -2.63. The van der Waals surface area contributed by atoms with Gasteiger partial charge in [0.2, 0.25) is 0 Å². The zero-order chi connectivity index (χ0) is 17.0. The Bertz CT molecular complexity index is 645. The van der Waals surface area contributed by atoms with E-state index in [9.17, 15) is 23.3 Å². The highest BCUT2D eigenvalue weighted by Crippen LogP contribution is 2.53. The molecule has 23 heavy (non-hydrogen) atoms. The van der Waals surface area contributed by atoms with Crippen LogP contribution in [0.5, 0.6) is 0 Å². The van der Waals surface area contributed by atoms with Crippen LogP contribution in [0.25, 0.3) is 0 Å². The molecule has 1 N–H and O–H groups in total. The topological polar surface area (TPSA) is 64.4 Å². The molecule has 1 saturated carbocycles. The Morgan fingerprint density at radius 2 is 2.09 bits per heavy atom. The molecule has 3 rings (SSSR count). The first-order chi connectivity index (χ1) is 10.6. The molecule has 0 radical (unpaired) electrons. The molecule has 1 aromatic rings. The van der Waals surface area contributed by atoms with Crippen molar-refractivity contribution in [3.63, 3.8) is 0 Å². The average molecular weight is 330 g/mol. The molecule has 0 bridgehead atoms. The smallest absolute Gasteiger partial charge is 0.381 e. The SMILES string of the molecule is CC1(C)C(Nc2ccc([N+](=O)[O-])c(C(F)(F)F)c2)C2CCOC21. The molecule has 2 fully saturated rings. The quantitative estimate of drug-likeness (QED) is 0.675. The second-order valence-corrected chi connectivity index (χ2v) is 6.67. The van der Waals surface area contributed by atoms with Gasteiger partial charge in [-0.15, -0.1) is 0 Å². The first-order valence-corrected chi connectivity index (χ1v) is 7.36. The van der Waals surface area contributed by atoms with Gasteiger partial charge < -0.3 is 10.1 Å². The number of halogens is 3. The van der Waals surface area contributed by atoms with E-state index in [0.717, 1.165) is 18.6 Å². The zero-order valence-electron chi connectivity index (χ0n) is 12.7. The van der Waals surface area contributed by atoms with Gasteiger partial charge in [0, 0.05) is 35.7 Å². The van der Waals surface area contributed by atoms with Gasteiger partial charge in [-0.3, -0.25) is 10.1 Å². The third kappa shape index (κ3) is 2.54. The van der Waals surface area contributed by atoms with Gasteiger partial charge in [-0.25, -0.2) is 0 Å². The van der Waals surface area contributed by atoms with Crippen LogP contribution in [0.2, 0.25) is 0 Å². The number of fused-ring (bicyclic) bond motifs is 1. The minimum absolute atomic E-state index is 0.0162. The first-order valence-electron chi connectivity index (χ1n) is 7.36. The number of benzene rings is 1. The summed E-state index contributed by atoms with van der Waals surface area (Å²) in [4.78, 5) is 9.78. The van der Waals surface area contributed by atoms with Crippen molar-refractivity contribution < 1.29 is 22.8 Å². The number of anilines is 1. The van der Waals surface area contributed by atoms with Gasteiger partial charge in [-0.05, 0) is 18.6 Å². The van der Waals surface area contributed by atoms with Crippen LogP contribution in [0.4, 0.5) is 24.5 Å². The lowest BCUT2D eigenvalue weighted by Gasteiger charge is -2.55. The Morgan fingerprint density at radius 3 is 2.70 bits per heavy atom. The van der Waals surface area contributed by atoms with Crippen LogP contribution in [0.3, 0.4) is 0 Å². The van der Waals surface area contributed by atoms with E-state index in [1.54, 1.807) is 0 Å².